The summed E-state index contributed by atoms with van der Waals surface area (Å²) < 4.78 is 13.4. The molecule has 0 saturated carbocycles. The molecule has 1 saturated heterocycles. The van der Waals surface area contributed by atoms with E-state index in [9.17, 15) is 9.50 Å². The van der Waals surface area contributed by atoms with Crippen LogP contribution in [0.1, 0.15) is 25.8 Å². The molecule has 160 valence electrons. The molecule has 1 heterocycles. The van der Waals surface area contributed by atoms with Crippen molar-refractivity contribution >= 4 is 11.4 Å². The summed E-state index contributed by atoms with van der Waals surface area (Å²) in [4.78, 5) is 4.44. The van der Waals surface area contributed by atoms with Crippen LogP contribution in [0.2, 0.25) is 0 Å². The molecule has 2 aromatic rings. The van der Waals surface area contributed by atoms with E-state index in [1.165, 1.54) is 12.1 Å². The van der Waals surface area contributed by atoms with Gasteiger partial charge in [0, 0.05) is 42.1 Å². The number of para-hydroxylation sites is 1. The molecule has 1 aliphatic heterocycles. The molecule has 0 bridgehead atoms. The minimum atomic E-state index is -0.246. The average Bonchev–Trinajstić information content (AvgIpc) is 2.72. The minimum absolute atomic E-state index is 0.0992. The number of phenolic OH excluding ortho intramolecular Hbond substituents is 1. The zero-order chi connectivity index (χ0) is 21.8. The average molecular weight is 412 g/mol. The van der Waals surface area contributed by atoms with Gasteiger partial charge < -0.3 is 32.1 Å². The van der Waals surface area contributed by atoms with Crippen LogP contribution in [0, 0.1) is 5.82 Å². The molecule has 0 spiro atoms. The normalized spacial score (nSPS) is 19.6. The molecule has 3 rings (SSSR count). The fourth-order valence-corrected chi connectivity index (χ4v) is 4.08. The Hall–Kier alpha value is -3.35. The van der Waals surface area contributed by atoms with Crippen LogP contribution in [-0.4, -0.2) is 35.2 Å². The highest BCUT2D eigenvalue weighted by molar-refractivity contribution is 5.70. The van der Waals surface area contributed by atoms with E-state index in [0.29, 0.717) is 30.0 Å². The van der Waals surface area contributed by atoms with E-state index in [1.807, 2.05) is 18.2 Å². The maximum absolute atomic E-state index is 13.4. The highest BCUT2D eigenvalue weighted by Gasteiger charge is 2.32. The number of allylic oxidation sites excluding steroid dienone is 1. The lowest BCUT2D eigenvalue weighted by atomic mass is 10.0. The summed E-state index contributed by atoms with van der Waals surface area (Å²) in [6, 6.07) is 13.8. The summed E-state index contributed by atoms with van der Waals surface area (Å²) in [5, 5.41) is 10.1. The predicted molar refractivity (Wildman–Crippen MR) is 120 cm³/mol. The monoisotopic (exact) mass is 411 g/mol. The van der Waals surface area contributed by atoms with E-state index in [4.69, 9.17) is 17.2 Å². The van der Waals surface area contributed by atoms with Gasteiger partial charge in [0.2, 0.25) is 0 Å². The highest BCUT2D eigenvalue weighted by atomic mass is 19.1. The smallest absolute Gasteiger partial charge is 0.124 e. The highest BCUT2D eigenvalue weighted by Crippen LogP contribution is 2.30. The van der Waals surface area contributed by atoms with Crippen LogP contribution in [-0.2, 0) is 0 Å². The first-order valence-corrected chi connectivity index (χ1v) is 10.1. The van der Waals surface area contributed by atoms with Crippen molar-refractivity contribution < 1.29 is 9.50 Å². The van der Waals surface area contributed by atoms with Gasteiger partial charge in [0.15, 0.2) is 0 Å². The van der Waals surface area contributed by atoms with Crippen molar-refractivity contribution in [2.24, 2.45) is 17.2 Å². The summed E-state index contributed by atoms with van der Waals surface area (Å²) in [7, 11) is 0. The van der Waals surface area contributed by atoms with Gasteiger partial charge in [0.1, 0.15) is 17.4 Å². The Labute approximate surface area is 177 Å². The summed E-state index contributed by atoms with van der Waals surface area (Å²) >= 11 is 0. The van der Waals surface area contributed by atoms with Crippen LogP contribution in [0.15, 0.2) is 66.1 Å². The summed E-state index contributed by atoms with van der Waals surface area (Å²) in [5.41, 5.74) is 20.9. The number of piperazine rings is 1. The lowest BCUT2D eigenvalue weighted by molar-refractivity contribution is 0.240. The van der Waals surface area contributed by atoms with Crippen molar-refractivity contribution in [3.8, 4) is 5.75 Å². The number of anilines is 1. The molecule has 7 heteroatoms. The molecule has 0 aliphatic carbocycles. The van der Waals surface area contributed by atoms with Gasteiger partial charge in [-0.1, -0.05) is 19.1 Å². The van der Waals surface area contributed by atoms with Crippen molar-refractivity contribution in [2.45, 2.75) is 32.4 Å². The summed E-state index contributed by atoms with van der Waals surface area (Å²) in [5.74, 6) is 0.0248. The maximum atomic E-state index is 13.4. The van der Waals surface area contributed by atoms with Crippen LogP contribution >= 0.6 is 0 Å². The zero-order valence-electron chi connectivity index (χ0n) is 17.4. The van der Waals surface area contributed by atoms with Crippen LogP contribution in [0.5, 0.6) is 5.75 Å². The quantitative estimate of drug-likeness (QED) is 0.564. The number of halogens is 1. The van der Waals surface area contributed by atoms with Gasteiger partial charge >= 0.3 is 0 Å². The van der Waals surface area contributed by atoms with E-state index in [2.05, 4.69) is 23.6 Å². The third kappa shape index (κ3) is 4.45. The Morgan fingerprint density at radius 1 is 1.10 bits per heavy atom. The second-order valence-electron chi connectivity index (χ2n) is 7.66. The molecular formula is C23H30FN5O. The van der Waals surface area contributed by atoms with Gasteiger partial charge in [-0.3, -0.25) is 0 Å². The molecule has 6 nitrogen and oxygen atoms in total. The van der Waals surface area contributed by atoms with Gasteiger partial charge in [-0.25, -0.2) is 4.39 Å². The van der Waals surface area contributed by atoms with Crippen molar-refractivity contribution in [1.82, 2.24) is 4.90 Å². The third-order valence-corrected chi connectivity index (χ3v) is 5.52. The van der Waals surface area contributed by atoms with Gasteiger partial charge in [0.05, 0.1) is 5.70 Å². The fourth-order valence-electron chi connectivity index (χ4n) is 4.08. The van der Waals surface area contributed by atoms with Crippen LogP contribution < -0.4 is 22.1 Å². The van der Waals surface area contributed by atoms with Gasteiger partial charge in [-0.15, -0.1) is 0 Å². The zero-order valence-corrected chi connectivity index (χ0v) is 17.4. The molecule has 1 fully saturated rings. The first kappa shape index (κ1) is 21.4. The Balaban J connectivity index is 1.89. The summed E-state index contributed by atoms with van der Waals surface area (Å²) in [6.07, 6.45) is 2.62. The first-order chi connectivity index (χ1) is 14.3. The third-order valence-electron chi connectivity index (χ3n) is 5.52. The Bertz CT molecular complexity index is 937. The standard InChI is InChI=1S/C23H30FN5O/c1-3-17-14-28(13-15(2)29(17)18-10-8-16(24)9-11-18)21(23(26)27)12-20(25)19-6-4-5-7-22(19)30/h4-12,15,17,30H,3,13-14,25-27H2,1-2H3/b20-12-. The van der Waals surface area contributed by atoms with E-state index in [0.717, 1.165) is 12.1 Å². The Kier molecular flexibility index (Phi) is 6.40. The Morgan fingerprint density at radius 2 is 1.77 bits per heavy atom. The number of hydrogen-bond donors (Lipinski definition) is 4. The second kappa shape index (κ2) is 8.98. The minimum Gasteiger partial charge on any atom is -0.507 e. The number of phenols is 1. The lowest BCUT2D eigenvalue weighted by Crippen LogP contribution is -2.57. The van der Waals surface area contributed by atoms with Gasteiger partial charge in [-0.2, -0.15) is 0 Å². The number of hydrogen-bond acceptors (Lipinski definition) is 6. The van der Waals surface area contributed by atoms with E-state index >= 15 is 0 Å². The van der Waals surface area contributed by atoms with Crippen molar-refractivity contribution in [3.05, 3.63) is 77.5 Å². The molecule has 2 unspecified atom stereocenters. The van der Waals surface area contributed by atoms with Crippen molar-refractivity contribution in [1.29, 1.82) is 0 Å². The molecule has 7 N–H and O–H groups in total. The maximum Gasteiger partial charge on any atom is 0.124 e. The largest absolute Gasteiger partial charge is 0.507 e. The van der Waals surface area contributed by atoms with Crippen LogP contribution in [0.3, 0.4) is 0 Å². The SMILES string of the molecule is CCC1CN(C(/C=C(\N)c2ccccc2O)=C(N)N)CC(C)N1c1ccc(F)cc1. The van der Waals surface area contributed by atoms with Crippen LogP contribution in [0.4, 0.5) is 10.1 Å². The molecule has 1 aliphatic rings. The number of aromatic hydroxyl groups is 1. The molecule has 30 heavy (non-hydrogen) atoms. The number of nitrogens with zero attached hydrogens (tertiary/aromatic N) is 2. The number of nitrogens with two attached hydrogens (primary N) is 3. The fraction of sp³-hybridized carbons (Fsp3) is 0.304. The van der Waals surface area contributed by atoms with Gasteiger partial charge in [-0.05, 0) is 55.8 Å². The molecule has 0 aromatic heterocycles. The summed E-state index contributed by atoms with van der Waals surface area (Å²) in [6.45, 7) is 5.61. The number of benzene rings is 2. The van der Waals surface area contributed by atoms with Crippen molar-refractivity contribution in [2.75, 3.05) is 18.0 Å². The molecule has 0 radical (unpaired) electrons. The Morgan fingerprint density at radius 3 is 2.37 bits per heavy atom. The molecular weight excluding hydrogens is 381 g/mol. The van der Waals surface area contributed by atoms with Crippen LogP contribution in [0.25, 0.3) is 5.70 Å². The lowest BCUT2D eigenvalue weighted by Gasteiger charge is -2.48. The number of rotatable bonds is 5. The first-order valence-electron chi connectivity index (χ1n) is 10.1. The molecule has 2 atom stereocenters. The van der Waals surface area contributed by atoms with E-state index in [-0.39, 0.29) is 29.5 Å². The topological polar surface area (TPSA) is 105 Å². The van der Waals surface area contributed by atoms with Gasteiger partial charge in [0.25, 0.3) is 0 Å². The van der Waals surface area contributed by atoms with E-state index in [1.54, 1.807) is 24.3 Å². The predicted octanol–water partition coefficient (Wildman–Crippen LogP) is 2.91. The molecule has 0 amide bonds. The second-order valence-corrected chi connectivity index (χ2v) is 7.66. The van der Waals surface area contributed by atoms with Crippen molar-refractivity contribution in [3.63, 3.8) is 0 Å². The molecule has 2 aromatic carbocycles. The van der Waals surface area contributed by atoms with E-state index < -0.39 is 0 Å².